The van der Waals surface area contributed by atoms with Gasteiger partial charge in [-0.2, -0.15) is 5.10 Å². The fourth-order valence-electron chi connectivity index (χ4n) is 0.768. The normalized spacial score (nSPS) is 13.5. The lowest BCUT2D eigenvalue weighted by atomic mass is 10.2. The highest BCUT2D eigenvalue weighted by atomic mass is 16.3. The van der Waals surface area contributed by atoms with Crippen LogP contribution in [0.2, 0.25) is 0 Å². The predicted octanol–water partition coefficient (Wildman–Crippen LogP) is 0.956. The number of aliphatic hydroxyl groups excluding tert-OH is 1. The number of hydrogen-bond acceptors (Lipinski definition) is 2. The van der Waals surface area contributed by atoms with Gasteiger partial charge in [-0.25, -0.2) is 0 Å². The minimum Gasteiger partial charge on any atom is -0.389 e. The van der Waals surface area contributed by atoms with E-state index in [0.29, 0.717) is 0 Å². The van der Waals surface area contributed by atoms with Crippen molar-refractivity contribution in [2.45, 2.75) is 26.5 Å². The Kier molecular flexibility index (Phi) is 2.06. The molecule has 0 saturated heterocycles. The minimum atomic E-state index is -0.403. The Morgan fingerprint density at radius 3 is 2.80 bits per heavy atom. The molecule has 0 radical (unpaired) electrons. The molecule has 10 heavy (non-hydrogen) atoms. The van der Waals surface area contributed by atoms with Crippen molar-refractivity contribution in [2.24, 2.45) is 0 Å². The van der Waals surface area contributed by atoms with E-state index < -0.39 is 6.10 Å². The molecule has 0 amide bonds. The van der Waals surface area contributed by atoms with Gasteiger partial charge >= 0.3 is 0 Å². The van der Waals surface area contributed by atoms with E-state index in [1.165, 1.54) is 0 Å². The third-order valence-corrected chi connectivity index (χ3v) is 1.46. The van der Waals surface area contributed by atoms with E-state index in [2.05, 4.69) is 5.10 Å². The number of aliphatic hydroxyl groups is 1. The van der Waals surface area contributed by atoms with Crippen molar-refractivity contribution in [1.29, 1.82) is 0 Å². The van der Waals surface area contributed by atoms with E-state index in [1.807, 2.05) is 13.1 Å². The molecule has 3 heteroatoms. The fraction of sp³-hybridized carbons (Fsp3) is 0.571. The van der Waals surface area contributed by atoms with Gasteiger partial charge in [0.25, 0.3) is 0 Å². The lowest BCUT2D eigenvalue weighted by Gasteiger charge is -1.96. The second kappa shape index (κ2) is 2.84. The number of hydrogen-bond donors (Lipinski definition) is 1. The van der Waals surface area contributed by atoms with Gasteiger partial charge in [-0.3, -0.25) is 4.68 Å². The largest absolute Gasteiger partial charge is 0.389 e. The molecular weight excluding hydrogens is 128 g/mol. The topological polar surface area (TPSA) is 38.0 Å². The second-order valence-corrected chi connectivity index (χ2v) is 2.31. The quantitative estimate of drug-likeness (QED) is 0.664. The van der Waals surface area contributed by atoms with Gasteiger partial charge in [0.05, 0.1) is 12.3 Å². The number of nitrogens with zero attached hydrogens (tertiary/aromatic N) is 2. The van der Waals surface area contributed by atoms with Crippen molar-refractivity contribution in [3.05, 3.63) is 18.0 Å². The highest BCUT2D eigenvalue weighted by Crippen LogP contribution is 2.08. The van der Waals surface area contributed by atoms with Crippen LogP contribution >= 0.6 is 0 Å². The molecule has 0 saturated carbocycles. The van der Waals surface area contributed by atoms with Crippen molar-refractivity contribution >= 4 is 0 Å². The van der Waals surface area contributed by atoms with Crippen LogP contribution in [0.1, 0.15) is 25.5 Å². The summed E-state index contributed by atoms with van der Waals surface area (Å²) in [4.78, 5) is 0. The third kappa shape index (κ3) is 1.36. The molecular formula is C7H12N2O. The summed E-state index contributed by atoms with van der Waals surface area (Å²) in [6.45, 7) is 4.60. The average Bonchev–Trinajstić information content (AvgIpc) is 2.34. The molecule has 0 aliphatic carbocycles. The van der Waals surface area contributed by atoms with Crippen LogP contribution in [-0.4, -0.2) is 14.9 Å². The highest BCUT2D eigenvalue weighted by molar-refractivity contribution is 5.06. The van der Waals surface area contributed by atoms with Crippen LogP contribution in [0, 0.1) is 0 Å². The number of aromatic nitrogens is 2. The standard InChI is InChI=1S/C7H12N2O/c1-3-9-5-7(4-8-9)6(2)10/h4-6,10H,3H2,1-2H3. The maximum absolute atomic E-state index is 9.08. The first-order chi connectivity index (χ1) is 4.74. The van der Waals surface area contributed by atoms with Crippen molar-refractivity contribution in [3.63, 3.8) is 0 Å². The van der Waals surface area contributed by atoms with E-state index >= 15 is 0 Å². The Morgan fingerprint density at radius 1 is 1.80 bits per heavy atom. The van der Waals surface area contributed by atoms with Crippen LogP contribution in [0.4, 0.5) is 0 Å². The molecule has 1 N–H and O–H groups in total. The second-order valence-electron chi connectivity index (χ2n) is 2.31. The monoisotopic (exact) mass is 140 g/mol. The lowest BCUT2D eigenvalue weighted by Crippen LogP contribution is -1.93. The van der Waals surface area contributed by atoms with Gasteiger partial charge in [0.15, 0.2) is 0 Å². The number of aryl methyl sites for hydroxylation is 1. The van der Waals surface area contributed by atoms with Gasteiger partial charge in [-0.15, -0.1) is 0 Å². The van der Waals surface area contributed by atoms with Gasteiger partial charge < -0.3 is 5.11 Å². The van der Waals surface area contributed by atoms with Crippen molar-refractivity contribution in [3.8, 4) is 0 Å². The summed E-state index contributed by atoms with van der Waals surface area (Å²) in [5.41, 5.74) is 0.877. The maximum Gasteiger partial charge on any atom is 0.0792 e. The van der Waals surface area contributed by atoms with Gasteiger partial charge in [-0.05, 0) is 13.8 Å². The Bertz CT molecular complexity index is 205. The summed E-state index contributed by atoms with van der Waals surface area (Å²) in [5.74, 6) is 0. The van der Waals surface area contributed by atoms with Gasteiger partial charge in [-0.1, -0.05) is 0 Å². The van der Waals surface area contributed by atoms with Crippen LogP contribution in [-0.2, 0) is 6.54 Å². The lowest BCUT2D eigenvalue weighted by molar-refractivity contribution is 0.199. The molecule has 1 aromatic heterocycles. The Balaban J connectivity index is 2.78. The van der Waals surface area contributed by atoms with Gasteiger partial charge in [0.1, 0.15) is 0 Å². The zero-order valence-corrected chi connectivity index (χ0v) is 6.28. The summed E-state index contributed by atoms with van der Waals surface area (Å²) in [7, 11) is 0. The molecule has 1 aromatic rings. The molecule has 0 fully saturated rings. The van der Waals surface area contributed by atoms with Crippen molar-refractivity contribution in [2.75, 3.05) is 0 Å². The molecule has 0 spiro atoms. The Hall–Kier alpha value is -0.830. The molecule has 1 heterocycles. The molecule has 0 aliphatic heterocycles. The molecule has 1 rings (SSSR count). The maximum atomic E-state index is 9.08. The molecule has 1 atom stereocenters. The highest BCUT2D eigenvalue weighted by Gasteiger charge is 2.01. The molecule has 0 aliphatic rings. The van der Waals surface area contributed by atoms with E-state index in [1.54, 1.807) is 17.8 Å². The Labute approximate surface area is 60.3 Å². The summed E-state index contributed by atoms with van der Waals surface area (Å²) in [5, 5.41) is 13.1. The zero-order valence-electron chi connectivity index (χ0n) is 6.28. The average molecular weight is 140 g/mol. The van der Waals surface area contributed by atoms with Crippen LogP contribution in [0.5, 0.6) is 0 Å². The summed E-state index contributed by atoms with van der Waals surface area (Å²) < 4.78 is 1.79. The third-order valence-electron chi connectivity index (χ3n) is 1.46. The SMILES string of the molecule is CCn1cc(C(C)O)cn1. The summed E-state index contributed by atoms with van der Waals surface area (Å²) in [6.07, 6.45) is 3.14. The first kappa shape index (κ1) is 7.28. The first-order valence-electron chi connectivity index (χ1n) is 3.44. The Morgan fingerprint density at radius 2 is 2.50 bits per heavy atom. The minimum absolute atomic E-state index is 0.403. The molecule has 3 nitrogen and oxygen atoms in total. The van der Waals surface area contributed by atoms with E-state index in [9.17, 15) is 0 Å². The predicted molar refractivity (Wildman–Crippen MR) is 38.5 cm³/mol. The van der Waals surface area contributed by atoms with Crippen LogP contribution < -0.4 is 0 Å². The van der Waals surface area contributed by atoms with Gasteiger partial charge in [0.2, 0.25) is 0 Å². The van der Waals surface area contributed by atoms with Crippen LogP contribution in [0.3, 0.4) is 0 Å². The first-order valence-corrected chi connectivity index (χ1v) is 3.44. The smallest absolute Gasteiger partial charge is 0.0792 e. The van der Waals surface area contributed by atoms with E-state index in [4.69, 9.17) is 5.11 Å². The molecule has 0 bridgehead atoms. The van der Waals surface area contributed by atoms with Gasteiger partial charge in [0, 0.05) is 18.3 Å². The van der Waals surface area contributed by atoms with E-state index in [-0.39, 0.29) is 0 Å². The molecule has 56 valence electrons. The molecule has 0 aromatic carbocycles. The molecule has 1 unspecified atom stereocenters. The van der Waals surface area contributed by atoms with E-state index in [0.717, 1.165) is 12.1 Å². The summed E-state index contributed by atoms with van der Waals surface area (Å²) in [6, 6.07) is 0. The summed E-state index contributed by atoms with van der Waals surface area (Å²) >= 11 is 0. The van der Waals surface area contributed by atoms with Crippen LogP contribution in [0.15, 0.2) is 12.4 Å². The van der Waals surface area contributed by atoms with Crippen LogP contribution in [0.25, 0.3) is 0 Å². The van der Waals surface area contributed by atoms with Crippen molar-refractivity contribution in [1.82, 2.24) is 9.78 Å². The zero-order chi connectivity index (χ0) is 7.56. The number of rotatable bonds is 2. The fourth-order valence-corrected chi connectivity index (χ4v) is 0.768. The van der Waals surface area contributed by atoms with Crippen molar-refractivity contribution < 1.29 is 5.11 Å².